The van der Waals surface area contributed by atoms with Crippen LogP contribution in [0.25, 0.3) is 0 Å². The molecule has 0 aromatic heterocycles. The largest absolute Gasteiger partial charge is 0.491 e. The number of ether oxygens (including phenoxy) is 1. The molecular weight excluding hydrogens is 260 g/mol. The summed E-state index contributed by atoms with van der Waals surface area (Å²) in [5, 5.41) is 3.64. The van der Waals surface area contributed by atoms with Crippen molar-refractivity contribution in [3.63, 3.8) is 0 Å². The Balaban J connectivity index is 1.80. The van der Waals surface area contributed by atoms with E-state index in [0.29, 0.717) is 12.1 Å². The van der Waals surface area contributed by atoms with Gasteiger partial charge in [-0.2, -0.15) is 0 Å². The van der Waals surface area contributed by atoms with E-state index in [1.54, 1.807) is 0 Å². The molecule has 2 rings (SSSR count). The van der Waals surface area contributed by atoms with Gasteiger partial charge in [0, 0.05) is 24.7 Å². The fourth-order valence-electron chi connectivity index (χ4n) is 2.56. The molecule has 2 unspecified atom stereocenters. The minimum Gasteiger partial charge on any atom is -0.491 e. The fraction of sp³-hybridized carbons (Fsp3) is 0.667. The molecule has 0 spiro atoms. The van der Waals surface area contributed by atoms with E-state index in [-0.39, 0.29) is 6.10 Å². The van der Waals surface area contributed by atoms with E-state index in [9.17, 15) is 0 Å². The van der Waals surface area contributed by atoms with Gasteiger partial charge < -0.3 is 10.1 Å². The van der Waals surface area contributed by atoms with Crippen LogP contribution in [0.3, 0.4) is 0 Å². The van der Waals surface area contributed by atoms with Crippen LogP contribution in [0.2, 0.25) is 0 Å². The molecule has 0 aliphatic heterocycles. The molecule has 0 amide bonds. The van der Waals surface area contributed by atoms with Crippen LogP contribution in [0.5, 0.6) is 5.75 Å². The van der Waals surface area contributed by atoms with Crippen molar-refractivity contribution in [3.05, 3.63) is 29.8 Å². The average molecular weight is 290 g/mol. The number of benzene rings is 1. The van der Waals surface area contributed by atoms with Gasteiger partial charge in [-0.25, -0.2) is 0 Å². The third-order valence-electron chi connectivity index (χ3n) is 4.29. The summed E-state index contributed by atoms with van der Waals surface area (Å²) in [6.45, 7) is 9.66. The molecular formula is C18H30N2O. The first kappa shape index (κ1) is 16.3. The van der Waals surface area contributed by atoms with Crippen molar-refractivity contribution >= 4 is 0 Å². The Morgan fingerprint density at radius 1 is 1.14 bits per heavy atom. The maximum Gasteiger partial charge on any atom is 0.119 e. The third kappa shape index (κ3) is 5.01. The molecule has 1 aromatic carbocycles. The molecule has 1 aliphatic carbocycles. The molecule has 1 aromatic rings. The SMILES string of the molecule is CC(C)Oc1ccc(C(C)NCC(C)N(C)C2CC2)cc1. The van der Waals surface area contributed by atoms with Gasteiger partial charge >= 0.3 is 0 Å². The van der Waals surface area contributed by atoms with Crippen molar-refractivity contribution in [3.8, 4) is 5.75 Å². The number of likely N-dealkylation sites (N-methyl/N-ethyl adjacent to an activating group) is 1. The fourth-order valence-corrected chi connectivity index (χ4v) is 2.56. The first-order valence-corrected chi connectivity index (χ1v) is 8.19. The Labute approximate surface area is 129 Å². The van der Waals surface area contributed by atoms with Gasteiger partial charge in [0.2, 0.25) is 0 Å². The summed E-state index contributed by atoms with van der Waals surface area (Å²) in [6.07, 6.45) is 2.96. The van der Waals surface area contributed by atoms with E-state index in [4.69, 9.17) is 4.74 Å². The van der Waals surface area contributed by atoms with Gasteiger partial charge in [-0.15, -0.1) is 0 Å². The monoisotopic (exact) mass is 290 g/mol. The molecule has 1 fully saturated rings. The molecule has 3 nitrogen and oxygen atoms in total. The Morgan fingerprint density at radius 2 is 1.76 bits per heavy atom. The quantitative estimate of drug-likeness (QED) is 0.791. The van der Waals surface area contributed by atoms with Crippen molar-refractivity contribution in [2.45, 2.75) is 64.8 Å². The summed E-state index contributed by atoms with van der Waals surface area (Å²) in [5.41, 5.74) is 1.31. The summed E-state index contributed by atoms with van der Waals surface area (Å²) in [4.78, 5) is 2.50. The summed E-state index contributed by atoms with van der Waals surface area (Å²) >= 11 is 0. The standard InChI is InChI=1S/C18H30N2O/c1-13(2)21-18-10-6-16(7-11-18)15(4)19-12-14(3)20(5)17-8-9-17/h6-7,10-11,13-15,17,19H,8-9,12H2,1-5H3. The second kappa shape index (κ2) is 7.28. The third-order valence-corrected chi connectivity index (χ3v) is 4.29. The predicted octanol–water partition coefficient (Wildman–Crippen LogP) is 3.61. The van der Waals surface area contributed by atoms with Gasteiger partial charge in [0.25, 0.3) is 0 Å². The van der Waals surface area contributed by atoms with Crippen molar-refractivity contribution in [1.29, 1.82) is 0 Å². The van der Waals surface area contributed by atoms with Crippen LogP contribution in [0, 0.1) is 0 Å². The Bertz CT molecular complexity index is 425. The highest BCUT2D eigenvalue weighted by atomic mass is 16.5. The molecule has 1 aliphatic rings. The molecule has 0 saturated heterocycles. The number of hydrogen-bond acceptors (Lipinski definition) is 3. The lowest BCUT2D eigenvalue weighted by Crippen LogP contribution is -2.39. The van der Waals surface area contributed by atoms with Crippen LogP contribution in [-0.2, 0) is 0 Å². The zero-order valence-corrected chi connectivity index (χ0v) is 14.1. The van der Waals surface area contributed by atoms with Crippen LogP contribution in [0.1, 0.15) is 52.1 Å². The lowest BCUT2D eigenvalue weighted by atomic mass is 10.1. The van der Waals surface area contributed by atoms with Gasteiger partial charge in [-0.3, -0.25) is 4.90 Å². The highest BCUT2D eigenvalue weighted by Crippen LogP contribution is 2.27. The molecule has 0 bridgehead atoms. The van der Waals surface area contributed by atoms with E-state index in [2.05, 4.69) is 69.2 Å². The van der Waals surface area contributed by atoms with Crippen molar-refractivity contribution < 1.29 is 4.74 Å². The maximum atomic E-state index is 5.68. The van der Waals surface area contributed by atoms with Gasteiger partial charge in [-0.05, 0) is 65.3 Å². The van der Waals surface area contributed by atoms with E-state index >= 15 is 0 Å². The number of nitrogens with zero attached hydrogens (tertiary/aromatic N) is 1. The first-order valence-electron chi connectivity index (χ1n) is 8.19. The lowest BCUT2D eigenvalue weighted by molar-refractivity contribution is 0.236. The van der Waals surface area contributed by atoms with Crippen LogP contribution < -0.4 is 10.1 Å². The zero-order chi connectivity index (χ0) is 15.4. The topological polar surface area (TPSA) is 24.5 Å². The van der Waals surface area contributed by atoms with Crippen molar-refractivity contribution in [2.75, 3.05) is 13.6 Å². The van der Waals surface area contributed by atoms with Gasteiger partial charge in [0.05, 0.1) is 6.10 Å². The lowest BCUT2D eigenvalue weighted by Gasteiger charge is -2.26. The molecule has 1 N–H and O–H groups in total. The predicted molar refractivity (Wildman–Crippen MR) is 88.9 cm³/mol. The summed E-state index contributed by atoms with van der Waals surface area (Å²) in [6, 6.07) is 10.2. The van der Waals surface area contributed by atoms with E-state index in [1.165, 1.54) is 18.4 Å². The Hall–Kier alpha value is -1.06. The summed E-state index contributed by atoms with van der Waals surface area (Å²) < 4.78 is 5.68. The molecule has 0 heterocycles. The Morgan fingerprint density at radius 3 is 2.29 bits per heavy atom. The van der Waals surface area contributed by atoms with E-state index in [1.807, 2.05) is 0 Å². The minimum absolute atomic E-state index is 0.227. The number of rotatable bonds is 8. The molecule has 118 valence electrons. The first-order chi connectivity index (χ1) is 9.97. The van der Waals surface area contributed by atoms with Crippen LogP contribution >= 0.6 is 0 Å². The van der Waals surface area contributed by atoms with Crippen molar-refractivity contribution in [2.24, 2.45) is 0 Å². The second-order valence-corrected chi connectivity index (χ2v) is 6.61. The second-order valence-electron chi connectivity index (χ2n) is 6.61. The summed E-state index contributed by atoms with van der Waals surface area (Å²) in [7, 11) is 2.24. The normalized spacial score (nSPS) is 18.0. The average Bonchev–Trinajstić information content (AvgIpc) is 3.28. The minimum atomic E-state index is 0.227. The molecule has 2 atom stereocenters. The number of hydrogen-bond donors (Lipinski definition) is 1. The smallest absolute Gasteiger partial charge is 0.119 e. The Kier molecular flexibility index (Phi) is 5.65. The summed E-state index contributed by atoms with van der Waals surface area (Å²) in [5.74, 6) is 0.947. The zero-order valence-electron chi connectivity index (χ0n) is 14.1. The van der Waals surface area contributed by atoms with Crippen LogP contribution in [0.15, 0.2) is 24.3 Å². The molecule has 0 radical (unpaired) electrons. The molecule has 21 heavy (non-hydrogen) atoms. The number of nitrogens with one attached hydrogen (secondary N) is 1. The van der Waals surface area contributed by atoms with Crippen LogP contribution in [0.4, 0.5) is 0 Å². The molecule has 3 heteroatoms. The maximum absolute atomic E-state index is 5.68. The van der Waals surface area contributed by atoms with Gasteiger partial charge in [0.1, 0.15) is 5.75 Å². The van der Waals surface area contributed by atoms with E-state index in [0.717, 1.165) is 18.3 Å². The van der Waals surface area contributed by atoms with E-state index < -0.39 is 0 Å². The van der Waals surface area contributed by atoms with Crippen molar-refractivity contribution in [1.82, 2.24) is 10.2 Å². The van der Waals surface area contributed by atoms with Gasteiger partial charge in [-0.1, -0.05) is 12.1 Å². The van der Waals surface area contributed by atoms with Gasteiger partial charge in [0.15, 0.2) is 0 Å². The highest BCUT2D eigenvalue weighted by molar-refractivity contribution is 5.29. The van der Waals surface area contributed by atoms with Crippen LogP contribution in [-0.4, -0.2) is 36.7 Å². The highest BCUT2D eigenvalue weighted by Gasteiger charge is 2.28. The molecule has 1 saturated carbocycles.